The minimum Gasteiger partial charge on any atom is -0.314 e. The molecule has 2 unspecified atom stereocenters. The number of hydrogen-bond acceptors (Lipinski definition) is 1. The highest BCUT2D eigenvalue weighted by molar-refractivity contribution is 6.30. The van der Waals surface area contributed by atoms with Crippen LogP contribution in [0.25, 0.3) is 0 Å². The quantitative estimate of drug-likeness (QED) is 0.814. The molecule has 0 aromatic heterocycles. The van der Waals surface area contributed by atoms with Crippen molar-refractivity contribution in [2.24, 2.45) is 11.8 Å². The predicted octanol–water partition coefficient (Wildman–Crippen LogP) is 4.29. The van der Waals surface area contributed by atoms with E-state index in [2.05, 4.69) is 33.0 Å². The van der Waals surface area contributed by atoms with Gasteiger partial charge < -0.3 is 5.32 Å². The van der Waals surface area contributed by atoms with Crippen LogP contribution in [0.4, 0.5) is 4.39 Å². The summed E-state index contributed by atoms with van der Waals surface area (Å²) in [6, 6.07) is 5.23. The summed E-state index contributed by atoms with van der Waals surface area (Å²) >= 11 is 5.77. The van der Waals surface area contributed by atoms with Crippen molar-refractivity contribution in [3.8, 4) is 0 Å². The average molecular weight is 272 g/mol. The molecule has 0 amide bonds. The van der Waals surface area contributed by atoms with E-state index in [1.54, 1.807) is 12.1 Å². The van der Waals surface area contributed by atoms with Crippen LogP contribution in [-0.4, -0.2) is 12.6 Å². The van der Waals surface area contributed by atoms with Crippen molar-refractivity contribution in [2.75, 3.05) is 6.54 Å². The molecule has 1 aromatic rings. The van der Waals surface area contributed by atoms with Crippen molar-refractivity contribution >= 4 is 11.6 Å². The van der Waals surface area contributed by atoms with Gasteiger partial charge in [0.25, 0.3) is 0 Å². The Bertz CT molecular complexity index is 379. The fourth-order valence-corrected chi connectivity index (χ4v) is 2.25. The summed E-state index contributed by atoms with van der Waals surface area (Å²) in [6.07, 6.45) is 0.705. The lowest BCUT2D eigenvalue weighted by molar-refractivity contribution is 0.298. The highest BCUT2D eigenvalue weighted by atomic mass is 35.5. The molecule has 0 saturated carbocycles. The van der Waals surface area contributed by atoms with Gasteiger partial charge in [0.2, 0.25) is 0 Å². The molecule has 3 heteroatoms. The second-order valence-electron chi connectivity index (χ2n) is 5.21. The molecule has 0 aliphatic heterocycles. The van der Waals surface area contributed by atoms with Crippen LogP contribution in [0.2, 0.25) is 5.02 Å². The lowest BCUT2D eigenvalue weighted by Crippen LogP contribution is -2.39. The Hall–Kier alpha value is -0.600. The Morgan fingerprint density at radius 3 is 2.44 bits per heavy atom. The van der Waals surface area contributed by atoms with Gasteiger partial charge in [0.05, 0.1) is 0 Å². The van der Waals surface area contributed by atoms with Crippen molar-refractivity contribution in [1.29, 1.82) is 0 Å². The number of halogens is 2. The summed E-state index contributed by atoms with van der Waals surface area (Å²) in [7, 11) is 0. The molecule has 2 atom stereocenters. The van der Waals surface area contributed by atoms with Crippen LogP contribution in [0.3, 0.4) is 0 Å². The lowest BCUT2D eigenvalue weighted by atomic mass is 9.86. The van der Waals surface area contributed by atoms with Crippen molar-refractivity contribution < 1.29 is 4.39 Å². The largest absolute Gasteiger partial charge is 0.314 e. The maximum atomic E-state index is 13.8. The van der Waals surface area contributed by atoms with Crippen LogP contribution >= 0.6 is 11.6 Å². The summed E-state index contributed by atoms with van der Waals surface area (Å²) < 4.78 is 13.8. The molecule has 1 nitrogen and oxygen atoms in total. The van der Waals surface area contributed by atoms with Gasteiger partial charge in [0.1, 0.15) is 5.82 Å². The van der Waals surface area contributed by atoms with E-state index in [4.69, 9.17) is 11.6 Å². The van der Waals surface area contributed by atoms with E-state index in [0.29, 0.717) is 29.3 Å². The molecule has 18 heavy (non-hydrogen) atoms. The average Bonchev–Trinajstić information content (AvgIpc) is 2.30. The predicted molar refractivity (Wildman–Crippen MR) is 76.6 cm³/mol. The molecule has 102 valence electrons. The molecular formula is C15H23ClFN. The van der Waals surface area contributed by atoms with Gasteiger partial charge in [0.15, 0.2) is 0 Å². The van der Waals surface area contributed by atoms with Crippen molar-refractivity contribution in [3.05, 3.63) is 34.6 Å². The molecule has 0 fully saturated rings. The third-order valence-corrected chi connectivity index (χ3v) is 3.84. The third kappa shape index (κ3) is 4.25. The van der Waals surface area contributed by atoms with Gasteiger partial charge in [-0.3, -0.25) is 0 Å². The summed E-state index contributed by atoms with van der Waals surface area (Å²) in [6.45, 7) is 9.60. The highest BCUT2D eigenvalue weighted by Crippen LogP contribution is 2.21. The second kappa shape index (κ2) is 7.10. The molecular weight excluding hydrogens is 249 g/mol. The maximum Gasteiger partial charge on any atom is 0.127 e. The molecule has 0 saturated heterocycles. The first kappa shape index (κ1) is 15.5. The standard InChI is InChI=1S/C15H23ClFN/c1-5-18-15(11(4)10(2)3)8-12-6-7-13(16)9-14(12)17/h6-7,9-11,15,18H,5,8H2,1-4H3. The van der Waals surface area contributed by atoms with E-state index in [1.807, 2.05) is 0 Å². The number of hydrogen-bond donors (Lipinski definition) is 1. The smallest absolute Gasteiger partial charge is 0.127 e. The second-order valence-corrected chi connectivity index (χ2v) is 5.64. The maximum absolute atomic E-state index is 13.8. The monoisotopic (exact) mass is 271 g/mol. The van der Waals surface area contributed by atoms with E-state index in [1.165, 1.54) is 6.07 Å². The van der Waals surface area contributed by atoms with Crippen LogP contribution in [-0.2, 0) is 6.42 Å². The van der Waals surface area contributed by atoms with Crippen LogP contribution in [0.5, 0.6) is 0 Å². The Labute approximate surface area is 115 Å². The Morgan fingerprint density at radius 1 is 1.28 bits per heavy atom. The summed E-state index contributed by atoms with van der Waals surface area (Å²) in [5, 5.41) is 3.91. The normalized spacial score (nSPS) is 14.8. The van der Waals surface area contributed by atoms with E-state index < -0.39 is 0 Å². The van der Waals surface area contributed by atoms with Crippen LogP contribution in [0, 0.1) is 17.7 Å². The zero-order chi connectivity index (χ0) is 13.7. The molecule has 0 heterocycles. The minimum atomic E-state index is -0.207. The molecule has 0 aliphatic carbocycles. The Morgan fingerprint density at radius 2 is 1.94 bits per heavy atom. The van der Waals surface area contributed by atoms with Gasteiger partial charge in [-0.2, -0.15) is 0 Å². The number of benzene rings is 1. The lowest BCUT2D eigenvalue weighted by Gasteiger charge is -2.28. The summed E-state index contributed by atoms with van der Waals surface area (Å²) in [5.41, 5.74) is 0.734. The van der Waals surface area contributed by atoms with Gasteiger partial charge in [-0.25, -0.2) is 4.39 Å². The van der Waals surface area contributed by atoms with Gasteiger partial charge in [0, 0.05) is 11.1 Å². The molecule has 0 bridgehead atoms. The molecule has 1 rings (SSSR count). The zero-order valence-corrected chi connectivity index (χ0v) is 12.4. The van der Waals surface area contributed by atoms with Gasteiger partial charge >= 0.3 is 0 Å². The fourth-order valence-electron chi connectivity index (χ4n) is 2.09. The molecule has 1 aromatic carbocycles. The van der Waals surface area contributed by atoms with Crippen molar-refractivity contribution in [3.63, 3.8) is 0 Å². The number of likely N-dealkylation sites (N-methyl/N-ethyl adjacent to an activating group) is 1. The molecule has 1 N–H and O–H groups in total. The summed E-state index contributed by atoms with van der Waals surface area (Å²) in [5.74, 6) is 0.866. The SMILES string of the molecule is CCNC(Cc1ccc(Cl)cc1F)C(C)C(C)C. The minimum absolute atomic E-state index is 0.207. The molecule has 0 spiro atoms. The van der Waals surface area contributed by atoms with E-state index in [0.717, 1.165) is 12.1 Å². The first-order chi connectivity index (χ1) is 8.45. The van der Waals surface area contributed by atoms with Crippen molar-refractivity contribution in [1.82, 2.24) is 5.32 Å². The van der Waals surface area contributed by atoms with E-state index >= 15 is 0 Å². The number of nitrogens with one attached hydrogen (secondary N) is 1. The molecule has 0 radical (unpaired) electrons. The van der Waals surface area contributed by atoms with Gasteiger partial charge in [-0.1, -0.05) is 45.4 Å². The third-order valence-electron chi connectivity index (χ3n) is 3.61. The zero-order valence-electron chi connectivity index (χ0n) is 11.6. The Balaban J connectivity index is 2.82. The molecule has 0 aliphatic rings. The van der Waals surface area contributed by atoms with Crippen LogP contribution in [0.15, 0.2) is 18.2 Å². The fraction of sp³-hybridized carbons (Fsp3) is 0.600. The van der Waals surface area contributed by atoms with Crippen LogP contribution < -0.4 is 5.32 Å². The Kier molecular flexibility index (Phi) is 6.10. The van der Waals surface area contributed by atoms with Gasteiger partial charge in [-0.15, -0.1) is 0 Å². The first-order valence-corrected chi connectivity index (χ1v) is 7.00. The summed E-state index contributed by atoms with van der Waals surface area (Å²) in [4.78, 5) is 0. The topological polar surface area (TPSA) is 12.0 Å². The van der Waals surface area contributed by atoms with E-state index in [9.17, 15) is 4.39 Å². The van der Waals surface area contributed by atoms with Crippen LogP contribution in [0.1, 0.15) is 33.3 Å². The van der Waals surface area contributed by atoms with E-state index in [-0.39, 0.29) is 5.82 Å². The number of rotatable bonds is 6. The van der Waals surface area contributed by atoms with Gasteiger partial charge in [-0.05, 0) is 42.5 Å². The van der Waals surface area contributed by atoms with Crippen molar-refractivity contribution in [2.45, 2.75) is 40.2 Å². The first-order valence-electron chi connectivity index (χ1n) is 6.63. The highest BCUT2D eigenvalue weighted by Gasteiger charge is 2.20.